The van der Waals surface area contributed by atoms with Crippen LogP contribution < -0.4 is 10.4 Å². The fraction of sp³-hybridized carbons (Fsp3) is 0.333. The van der Waals surface area contributed by atoms with Crippen LogP contribution in [0.4, 0.5) is 0 Å². The van der Waals surface area contributed by atoms with E-state index in [-0.39, 0.29) is 0 Å². The molecule has 1 N–H and O–H groups in total. The molecular weight excluding hydrogens is 192 g/mol. The monoisotopic (exact) mass is 207 g/mol. The summed E-state index contributed by atoms with van der Waals surface area (Å²) in [6.45, 7) is 0. The fourth-order valence-electron chi connectivity index (χ4n) is 1.90. The van der Waals surface area contributed by atoms with E-state index < -0.39 is 0 Å². The van der Waals surface area contributed by atoms with Gasteiger partial charge < -0.3 is 5.11 Å². The second-order valence-corrected chi connectivity index (χ2v) is 5.86. The first-order chi connectivity index (χ1) is 6.70. The second kappa shape index (κ2) is 3.70. The highest BCUT2D eigenvalue weighted by Crippen LogP contribution is 2.17. The standard InChI is InChI=1S/C12H14OS/c1-14(2)12-8-7-11(13)9-5-3-4-6-10(9)12/h3-6H,7-8H2,1-2H3/p+1. The molecule has 2 rings (SSSR count). The van der Waals surface area contributed by atoms with Crippen LogP contribution in [0.1, 0.15) is 12.8 Å². The Kier molecular flexibility index (Phi) is 2.55. The molecular formula is C12H15OS+. The second-order valence-electron chi connectivity index (χ2n) is 3.73. The van der Waals surface area contributed by atoms with Crippen LogP contribution >= 0.6 is 0 Å². The Morgan fingerprint density at radius 1 is 1.07 bits per heavy atom. The van der Waals surface area contributed by atoms with Crippen LogP contribution in [0.25, 0.3) is 10.7 Å². The van der Waals surface area contributed by atoms with E-state index in [4.69, 9.17) is 0 Å². The molecule has 0 amide bonds. The van der Waals surface area contributed by atoms with Gasteiger partial charge in [0, 0.05) is 34.2 Å². The van der Waals surface area contributed by atoms with E-state index in [1.165, 1.54) is 10.1 Å². The molecule has 14 heavy (non-hydrogen) atoms. The van der Waals surface area contributed by atoms with Crippen LogP contribution in [-0.4, -0.2) is 17.6 Å². The number of benzene rings is 1. The van der Waals surface area contributed by atoms with Crippen LogP contribution in [0.15, 0.2) is 24.3 Å². The summed E-state index contributed by atoms with van der Waals surface area (Å²) in [5.74, 6) is 0.551. The molecule has 0 aromatic heterocycles. The van der Waals surface area contributed by atoms with E-state index in [9.17, 15) is 5.11 Å². The fourth-order valence-corrected chi connectivity index (χ4v) is 3.03. The number of fused-ring (bicyclic) bond motifs is 1. The van der Waals surface area contributed by atoms with Gasteiger partial charge >= 0.3 is 0 Å². The third kappa shape index (κ3) is 1.55. The van der Waals surface area contributed by atoms with Gasteiger partial charge in [-0.25, -0.2) is 0 Å². The summed E-state index contributed by atoms with van der Waals surface area (Å²) in [6.07, 6.45) is 6.31. The van der Waals surface area contributed by atoms with Crippen molar-refractivity contribution in [3.05, 3.63) is 34.7 Å². The normalized spacial score (nSPS) is 15.9. The van der Waals surface area contributed by atoms with Crippen molar-refractivity contribution in [2.45, 2.75) is 12.8 Å². The summed E-state index contributed by atoms with van der Waals surface area (Å²) < 4.78 is 0. The number of hydrogen-bond acceptors (Lipinski definition) is 1. The molecule has 1 aliphatic rings. The van der Waals surface area contributed by atoms with E-state index >= 15 is 0 Å². The lowest BCUT2D eigenvalue weighted by Crippen LogP contribution is -2.33. The van der Waals surface area contributed by atoms with E-state index in [0.717, 1.165) is 18.1 Å². The molecule has 0 bridgehead atoms. The predicted octanol–water partition coefficient (Wildman–Crippen LogP) is 1.13. The molecule has 1 nitrogen and oxygen atoms in total. The summed E-state index contributed by atoms with van der Waals surface area (Å²) in [4.78, 5) is 1.50. The molecule has 74 valence electrons. The highest BCUT2D eigenvalue weighted by atomic mass is 32.2. The lowest BCUT2D eigenvalue weighted by molar-refractivity contribution is 0.477. The highest BCUT2D eigenvalue weighted by Gasteiger charge is 2.19. The quantitative estimate of drug-likeness (QED) is 0.685. The van der Waals surface area contributed by atoms with Gasteiger partial charge in [0.25, 0.3) is 0 Å². The van der Waals surface area contributed by atoms with E-state index in [2.05, 4.69) is 18.6 Å². The Bertz CT molecular complexity index is 459. The van der Waals surface area contributed by atoms with Crippen LogP contribution in [0.2, 0.25) is 0 Å². The molecule has 0 heterocycles. The Hall–Kier alpha value is -0.890. The van der Waals surface area contributed by atoms with Gasteiger partial charge in [0.1, 0.15) is 23.2 Å². The summed E-state index contributed by atoms with van der Waals surface area (Å²) in [6, 6.07) is 8.16. The molecule has 1 aromatic rings. The average molecular weight is 207 g/mol. The highest BCUT2D eigenvalue weighted by molar-refractivity contribution is 8.04. The summed E-state index contributed by atoms with van der Waals surface area (Å²) in [5.41, 5.74) is 0. The van der Waals surface area contributed by atoms with Crippen molar-refractivity contribution in [3.63, 3.8) is 0 Å². The third-order valence-corrected chi connectivity index (χ3v) is 4.03. The number of hydrogen-bond donors (Lipinski definition) is 1. The Balaban J connectivity index is 2.83. The SMILES string of the molecule is C[S+](C)C1=c2ccccc2=C(O)CC1. The van der Waals surface area contributed by atoms with Crippen LogP contribution in [0.5, 0.6) is 0 Å². The minimum absolute atomic E-state index is 0.314. The van der Waals surface area contributed by atoms with Crippen molar-refractivity contribution in [2.75, 3.05) is 12.5 Å². The molecule has 0 saturated heterocycles. The van der Waals surface area contributed by atoms with Crippen LogP contribution in [0, 0.1) is 0 Å². The van der Waals surface area contributed by atoms with Crippen molar-refractivity contribution in [3.8, 4) is 0 Å². The van der Waals surface area contributed by atoms with E-state index in [1.54, 1.807) is 0 Å². The molecule has 0 saturated carbocycles. The zero-order valence-corrected chi connectivity index (χ0v) is 9.40. The Morgan fingerprint density at radius 2 is 1.71 bits per heavy atom. The summed E-state index contributed by atoms with van der Waals surface area (Å²) >= 11 is 0. The molecule has 0 atom stereocenters. The molecule has 1 aliphatic carbocycles. The zero-order chi connectivity index (χ0) is 10.1. The molecule has 0 radical (unpaired) electrons. The minimum Gasteiger partial charge on any atom is -0.512 e. The van der Waals surface area contributed by atoms with Gasteiger partial charge in [-0.15, -0.1) is 0 Å². The lowest BCUT2D eigenvalue weighted by Gasteiger charge is -2.09. The van der Waals surface area contributed by atoms with Gasteiger partial charge in [0.05, 0.1) is 0 Å². The molecule has 0 spiro atoms. The third-order valence-electron chi connectivity index (χ3n) is 2.62. The number of aliphatic hydroxyl groups excluding tert-OH is 1. The first kappa shape index (κ1) is 9.66. The van der Waals surface area contributed by atoms with Crippen molar-refractivity contribution in [1.82, 2.24) is 0 Å². The van der Waals surface area contributed by atoms with Crippen molar-refractivity contribution in [2.24, 2.45) is 0 Å². The zero-order valence-electron chi connectivity index (χ0n) is 8.58. The first-order valence-corrected chi connectivity index (χ1v) is 6.82. The number of rotatable bonds is 1. The minimum atomic E-state index is 0.314. The predicted molar refractivity (Wildman–Crippen MR) is 63.6 cm³/mol. The maximum atomic E-state index is 9.77. The topological polar surface area (TPSA) is 20.2 Å². The van der Waals surface area contributed by atoms with Gasteiger partial charge in [-0.3, -0.25) is 0 Å². The maximum absolute atomic E-state index is 9.77. The molecule has 2 heteroatoms. The summed E-state index contributed by atoms with van der Waals surface area (Å²) in [7, 11) is 0.314. The molecule has 0 aliphatic heterocycles. The largest absolute Gasteiger partial charge is 0.512 e. The average Bonchev–Trinajstić information content (AvgIpc) is 2.18. The van der Waals surface area contributed by atoms with E-state index in [0.29, 0.717) is 16.7 Å². The van der Waals surface area contributed by atoms with Gasteiger partial charge in [-0.05, 0) is 6.07 Å². The molecule has 0 fully saturated rings. The van der Waals surface area contributed by atoms with Gasteiger partial charge in [0.15, 0.2) is 0 Å². The van der Waals surface area contributed by atoms with Gasteiger partial charge in [0.2, 0.25) is 0 Å². The van der Waals surface area contributed by atoms with Gasteiger partial charge in [-0.1, -0.05) is 18.2 Å². The van der Waals surface area contributed by atoms with Gasteiger partial charge in [-0.2, -0.15) is 0 Å². The molecule has 0 unspecified atom stereocenters. The van der Waals surface area contributed by atoms with Crippen molar-refractivity contribution in [1.29, 1.82) is 0 Å². The first-order valence-electron chi connectivity index (χ1n) is 4.78. The number of aliphatic hydroxyl groups is 1. The van der Waals surface area contributed by atoms with Crippen LogP contribution in [-0.2, 0) is 10.9 Å². The van der Waals surface area contributed by atoms with E-state index in [1.807, 2.05) is 18.2 Å². The molecule has 1 aromatic carbocycles. The van der Waals surface area contributed by atoms with Crippen molar-refractivity contribution < 1.29 is 5.11 Å². The Labute approximate surface area is 87.1 Å². The Morgan fingerprint density at radius 3 is 2.36 bits per heavy atom. The van der Waals surface area contributed by atoms with Crippen molar-refractivity contribution >= 4 is 21.6 Å². The smallest absolute Gasteiger partial charge is 0.139 e. The summed E-state index contributed by atoms with van der Waals surface area (Å²) in [5, 5.41) is 12.1. The van der Waals surface area contributed by atoms with Crippen LogP contribution in [0.3, 0.4) is 0 Å². The maximum Gasteiger partial charge on any atom is 0.139 e. The lowest BCUT2D eigenvalue weighted by atomic mass is 10.1.